The van der Waals surface area contributed by atoms with Gasteiger partial charge in [-0.15, -0.1) is 11.3 Å². The molecule has 0 spiro atoms. The van der Waals surface area contributed by atoms with Crippen molar-refractivity contribution >= 4 is 17.1 Å². The molecule has 0 saturated heterocycles. The maximum atomic E-state index is 11.6. The molecule has 68 valence electrons. The molecule has 3 aliphatic rings. The minimum Gasteiger partial charge on any atom is -0.299 e. The molecule has 2 heteroatoms. The summed E-state index contributed by atoms with van der Waals surface area (Å²) in [5.41, 5.74) is 1.48. The predicted molar refractivity (Wildman–Crippen MR) is 53.1 cm³/mol. The Morgan fingerprint density at radius 2 is 2.08 bits per heavy atom. The molecule has 1 aromatic heterocycles. The summed E-state index contributed by atoms with van der Waals surface area (Å²) >= 11 is 1.84. The van der Waals surface area contributed by atoms with Crippen molar-refractivity contribution in [2.75, 3.05) is 0 Å². The number of rotatable bonds is 0. The highest BCUT2D eigenvalue weighted by molar-refractivity contribution is 7.10. The van der Waals surface area contributed by atoms with Crippen LogP contribution < -0.4 is 0 Å². The first-order valence-electron chi connectivity index (χ1n) is 4.93. The first-order valence-corrected chi connectivity index (χ1v) is 5.81. The van der Waals surface area contributed by atoms with Gasteiger partial charge in [0.15, 0.2) is 0 Å². The van der Waals surface area contributed by atoms with E-state index >= 15 is 0 Å². The third-order valence-corrected chi connectivity index (χ3v) is 4.38. The molecule has 1 aromatic rings. The zero-order valence-electron chi connectivity index (χ0n) is 7.45. The largest absolute Gasteiger partial charge is 0.299 e. The van der Waals surface area contributed by atoms with E-state index in [1.807, 2.05) is 11.3 Å². The van der Waals surface area contributed by atoms with Gasteiger partial charge in [-0.1, -0.05) is 0 Å². The summed E-state index contributed by atoms with van der Waals surface area (Å²) in [5.74, 6) is 1.43. The summed E-state index contributed by atoms with van der Waals surface area (Å²) < 4.78 is 0. The van der Waals surface area contributed by atoms with Gasteiger partial charge in [-0.05, 0) is 42.2 Å². The van der Waals surface area contributed by atoms with E-state index in [-0.39, 0.29) is 0 Å². The van der Waals surface area contributed by atoms with Crippen LogP contribution in [0.5, 0.6) is 0 Å². The fourth-order valence-electron chi connectivity index (χ4n) is 2.66. The van der Waals surface area contributed by atoms with Crippen LogP contribution in [0.25, 0.3) is 0 Å². The molecule has 2 unspecified atom stereocenters. The van der Waals surface area contributed by atoms with Crippen LogP contribution in [0.4, 0.5) is 0 Å². The highest BCUT2D eigenvalue weighted by Crippen LogP contribution is 2.43. The molecule has 1 saturated carbocycles. The van der Waals surface area contributed by atoms with Crippen molar-refractivity contribution < 1.29 is 4.79 Å². The van der Waals surface area contributed by atoms with E-state index in [0.717, 1.165) is 19.3 Å². The van der Waals surface area contributed by atoms with Crippen LogP contribution in [0, 0.1) is 5.92 Å². The van der Waals surface area contributed by atoms with E-state index in [9.17, 15) is 4.79 Å². The number of Topliss-reactive ketones (excluding diaryl/α,β-unsaturated/α-hetero) is 1. The van der Waals surface area contributed by atoms with Crippen molar-refractivity contribution in [2.24, 2.45) is 5.92 Å². The highest BCUT2D eigenvalue weighted by Gasteiger charge is 2.35. The second-order valence-electron chi connectivity index (χ2n) is 4.14. The fourth-order valence-corrected chi connectivity index (χ4v) is 3.71. The lowest BCUT2D eigenvalue weighted by Crippen LogP contribution is -2.21. The van der Waals surface area contributed by atoms with Gasteiger partial charge >= 0.3 is 0 Å². The Hall–Kier alpha value is -0.630. The summed E-state index contributed by atoms with van der Waals surface area (Å²) in [6, 6.07) is 2.23. The summed E-state index contributed by atoms with van der Waals surface area (Å²) in [4.78, 5) is 13.1. The molecular formula is C11H12OS. The van der Waals surface area contributed by atoms with Crippen molar-refractivity contribution in [1.29, 1.82) is 0 Å². The smallest absolute Gasteiger partial charge is 0.136 e. The van der Waals surface area contributed by atoms with Gasteiger partial charge in [-0.2, -0.15) is 0 Å². The number of carbonyl (C=O) groups is 1. The zero-order chi connectivity index (χ0) is 8.84. The summed E-state index contributed by atoms with van der Waals surface area (Å²) in [6.07, 6.45) is 4.21. The van der Waals surface area contributed by atoms with Crippen LogP contribution in [-0.4, -0.2) is 5.78 Å². The number of ketones is 1. The number of carbonyl (C=O) groups excluding carboxylic acids is 1. The number of hydrogen-bond acceptors (Lipinski definition) is 2. The maximum Gasteiger partial charge on any atom is 0.136 e. The Morgan fingerprint density at radius 1 is 1.23 bits per heavy atom. The van der Waals surface area contributed by atoms with Gasteiger partial charge in [0.25, 0.3) is 0 Å². The first-order chi connectivity index (χ1) is 6.34. The quantitative estimate of drug-likeness (QED) is 0.617. The summed E-state index contributed by atoms with van der Waals surface area (Å²) in [7, 11) is 0. The minimum absolute atomic E-state index is 0.358. The van der Waals surface area contributed by atoms with Gasteiger partial charge in [0.2, 0.25) is 0 Å². The third kappa shape index (κ3) is 1.08. The summed E-state index contributed by atoms with van der Waals surface area (Å²) in [5, 5.41) is 2.18. The molecule has 0 radical (unpaired) electrons. The van der Waals surface area contributed by atoms with E-state index < -0.39 is 0 Å². The molecule has 13 heavy (non-hydrogen) atoms. The molecule has 2 bridgehead atoms. The Kier molecular flexibility index (Phi) is 1.59. The van der Waals surface area contributed by atoms with Crippen LogP contribution in [0.3, 0.4) is 0 Å². The Morgan fingerprint density at radius 3 is 2.92 bits per heavy atom. The highest BCUT2D eigenvalue weighted by atomic mass is 32.1. The van der Waals surface area contributed by atoms with Gasteiger partial charge in [-0.25, -0.2) is 0 Å². The van der Waals surface area contributed by atoms with Crippen molar-refractivity contribution in [3.05, 3.63) is 21.9 Å². The number of hydrogen-bond donors (Lipinski definition) is 0. The van der Waals surface area contributed by atoms with E-state index in [1.54, 1.807) is 0 Å². The third-order valence-electron chi connectivity index (χ3n) is 3.42. The van der Waals surface area contributed by atoms with E-state index in [2.05, 4.69) is 11.4 Å². The standard InChI is InChI=1S/C11H12OS/c12-10-5-7-1-2-8(10)6-11-9(7)3-4-13-11/h3-4,7-8H,1-2,5-6H2. The SMILES string of the molecule is O=C1CC2CCC1Cc1sccc12. The van der Waals surface area contributed by atoms with Crippen LogP contribution in [0.15, 0.2) is 11.4 Å². The van der Waals surface area contributed by atoms with E-state index in [4.69, 9.17) is 0 Å². The molecule has 0 N–H and O–H groups in total. The maximum absolute atomic E-state index is 11.6. The van der Waals surface area contributed by atoms with Gasteiger partial charge in [0.05, 0.1) is 0 Å². The molecule has 1 fully saturated rings. The minimum atomic E-state index is 0.358. The topological polar surface area (TPSA) is 17.1 Å². The Labute approximate surface area is 81.8 Å². The molecule has 0 aromatic carbocycles. The Bertz CT molecular complexity index is 353. The van der Waals surface area contributed by atoms with Crippen LogP contribution in [0.1, 0.15) is 35.6 Å². The lowest BCUT2D eigenvalue weighted by atomic mass is 9.81. The van der Waals surface area contributed by atoms with Gasteiger partial charge < -0.3 is 0 Å². The van der Waals surface area contributed by atoms with Crippen molar-refractivity contribution in [1.82, 2.24) is 0 Å². The second kappa shape index (κ2) is 2.68. The van der Waals surface area contributed by atoms with Crippen LogP contribution in [0.2, 0.25) is 0 Å². The zero-order valence-corrected chi connectivity index (χ0v) is 8.27. The Balaban J connectivity index is 2.10. The van der Waals surface area contributed by atoms with E-state index in [1.165, 1.54) is 16.9 Å². The fraction of sp³-hybridized carbons (Fsp3) is 0.545. The van der Waals surface area contributed by atoms with Gasteiger partial charge in [-0.3, -0.25) is 4.79 Å². The van der Waals surface area contributed by atoms with Crippen molar-refractivity contribution in [2.45, 2.75) is 31.6 Å². The second-order valence-corrected chi connectivity index (χ2v) is 5.15. The molecule has 0 aliphatic heterocycles. The lowest BCUT2D eigenvalue weighted by molar-refractivity contribution is -0.124. The number of thiophene rings is 1. The average molecular weight is 192 g/mol. The van der Waals surface area contributed by atoms with Gasteiger partial charge in [0.1, 0.15) is 5.78 Å². The molecule has 3 aliphatic carbocycles. The van der Waals surface area contributed by atoms with Gasteiger partial charge in [0, 0.05) is 17.2 Å². The van der Waals surface area contributed by atoms with Crippen LogP contribution in [-0.2, 0) is 11.2 Å². The van der Waals surface area contributed by atoms with Crippen molar-refractivity contribution in [3.8, 4) is 0 Å². The monoisotopic (exact) mass is 192 g/mol. The lowest BCUT2D eigenvalue weighted by Gasteiger charge is -2.21. The van der Waals surface area contributed by atoms with Crippen molar-refractivity contribution in [3.63, 3.8) is 0 Å². The molecule has 2 atom stereocenters. The van der Waals surface area contributed by atoms with Crippen LogP contribution >= 0.6 is 11.3 Å². The first kappa shape index (κ1) is 7.74. The predicted octanol–water partition coefficient (Wildman–Crippen LogP) is 2.76. The van der Waals surface area contributed by atoms with E-state index in [0.29, 0.717) is 17.6 Å². The molecular weight excluding hydrogens is 180 g/mol. The normalized spacial score (nSPS) is 31.5. The molecule has 4 rings (SSSR count). The average Bonchev–Trinajstić information content (AvgIpc) is 2.47. The summed E-state index contributed by atoms with van der Waals surface area (Å²) in [6.45, 7) is 0. The molecule has 1 nitrogen and oxygen atoms in total. The molecule has 1 heterocycles. The molecule has 0 amide bonds. The number of fused-ring (bicyclic) bond motifs is 2.